The van der Waals surface area contributed by atoms with Crippen LogP contribution in [0.4, 0.5) is 27.5 Å². The van der Waals surface area contributed by atoms with Crippen molar-refractivity contribution in [3.05, 3.63) is 48.4 Å². The summed E-state index contributed by atoms with van der Waals surface area (Å²) in [5.74, 6) is 0.794. The van der Waals surface area contributed by atoms with Gasteiger partial charge >= 0.3 is 0 Å². The standard InChI is InChI=1S/C20H20FN7O/c1-12-10-27(11-23-12)15-6-5-13(8-14(15)21)24-20-22-9-17-18(25-20)28-7-3-4-16(28)19(29)26(17)2/h5-6,8-11,16H,3-4,7H2,1-2H3,(H,22,24,25). The van der Waals surface area contributed by atoms with Gasteiger partial charge in [0.1, 0.15) is 17.5 Å². The molecule has 2 aliphatic heterocycles. The molecule has 1 unspecified atom stereocenters. The zero-order valence-corrected chi connectivity index (χ0v) is 16.1. The highest BCUT2D eigenvalue weighted by atomic mass is 19.1. The minimum Gasteiger partial charge on any atom is -0.343 e. The van der Waals surface area contributed by atoms with Crippen molar-refractivity contribution < 1.29 is 9.18 Å². The molecule has 29 heavy (non-hydrogen) atoms. The molecule has 0 saturated carbocycles. The van der Waals surface area contributed by atoms with Crippen LogP contribution in [0.25, 0.3) is 5.69 Å². The molecule has 0 bridgehead atoms. The highest BCUT2D eigenvalue weighted by Gasteiger charge is 2.40. The van der Waals surface area contributed by atoms with Gasteiger partial charge in [0.25, 0.3) is 0 Å². The van der Waals surface area contributed by atoms with Crippen LogP contribution in [0.15, 0.2) is 36.9 Å². The Kier molecular flexibility index (Phi) is 3.97. The Balaban J connectivity index is 1.44. The van der Waals surface area contributed by atoms with Crippen LogP contribution in [-0.4, -0.2) is 45.1 Å². The van der Waals surface area contributed by atoms with Crippen molar-refractivity contribution >= 4 is 29.0 Å². The number of aromatic nitrogens is 4. The summed E-state index contributed by atoms with van der Waals surface area (Å²) in [6, 6.07) is 4.69. The third-order valence-electron chi connectivity index (χ3n) is 5.45. The van der Waals surface area contributed by atoms with Crippen LogP contribution in [0.2, 0.25) is 0 Å². The number of carbonyl (C=O) groups excluding carboxylic acids is 1. The van der Waals surface area contributed by atoms with Crippen molar-refractivity contribution in [2.75, 3.05) is 28.7 Å². The van der Waals surface area contributed by atoms with Gasteiger partial charge in [0.15, 0.2) is 5.82 Å². The molecule has 148 valence electrons. The molecule has 0 spiro atoms. The van der Waals surface area contributed by atoms with Crippen molar-refractivity contribution in [3.8, 4) is 5.69 Å². The average molecular weight is 393 g/mol. The number of imidazole rings is 1. The fraction of sp³-hybridized carbons (Fsp3) is 0.300. The number of hydrogen-bond donors (Lipinski definition) is 1. The number of anilines is 4. The maximum absolute atomic E-state index is 14.6. The second-order valence-corrected chi connectivity index (χ2v) is 7.36. The Morgan fingerprint density at radius 2 is 2.10 bits per heavy atom. The number of nitrogens with one attached hydrogen (secondary N) is 1. The summed E-state index contributed by atoms with van der Waals surface area (Å²) in [5, 5.41) is 3.07. The molecule has 1 amide bonds. The second-order valence-electron chi connectivity index (χ2n) is 7.36. The van der Waals surface area contributed by atoms with Crippen LogP contribution < -0.4 is 15.1 Å². The molecular weight excluding hydrogens is 373 g/mol. The third kappa shape index (κ3) is 2.89. The van der Waals surface area contributed by atoms with Crippen LogP contribution in [0.5, 0.6) is 0 Å². The molecule has 1 N–H and O–H groups in total. The first-order chi connectivity index (χ1) is 14.0. The SMILES string of the molecule is Cc1cn(-c2ccc(Nc3ncc4c(n3)N3CCCC3C(=O)N4C)cc2F)cn1. The van der Waals surface area contributed by atoms with E-state index in [1.54, 1.807) is 47.4 Å². The lowest BCUT2D eigenvalue weighted by atomic mass is 10.1. The summed E-state index contributed by atoms with van der Waals surface area (Å²) < 4.78 is 16.3. The number of fused-ring (bicyclic) bond motifs is 3. The van der Waals surface area contributed by atoms with Crippen molar-refractivity contribution in [3.63, 3.8) is 0 Å². The monoisotopic (exact) mass is 393 g/mol. The molecule has 1 aromatic carbocycles. The number of benzene rings is 1. The molecular formula is C20H20FN7O. The smallest absolute Gasteiger partial charge is 0.249 e. The zero-order valence-electron chi connectivity index (χ0n) is 16.1. The van der Waals surface area contributed by atoms with Crippen molar-refractivity contribution in [1.82, 2.24) is 19.5 Å². The van der Waals surface area contributed by atoms with Gasteiger partial charge in [0.05, 0.1) is 23.9 Å². The molecule has 1 saturated heterocycles. The summed E-state index contributed by atoms with van der Waals surface area (Å²) in [7, 11) is 1.75. The van der Waals surface area contributed by atoms with Gasteiger partial charge in [-0.3, -0.25) is 4.79 Å². The number of carbonyl (C=O) groups is 1. The maximum atomic E-state index is 14.6. The van der Waals surface area contributed by atoms with Crippen LogP contribution in [0.3, 0.4) is 0 Å². The lowest BCUT2D eigenvalue weighted by Gasteiger charge is -2.36. The summed E-state index contributed by atoms with van der Waals surface area (Å²) in [5.41, 5.74) is 2.47. The third-order valence-corrected chi connectivity index (χ3v) is 5.45. The highest BCUT2D eigenvalue weighted by Crippen LogP contribution is 2.38. The van der Waals surface area contributed by atoms with Crippen LogP contribution in [0, 0.1) is 12.7 Å². The van der Waals surface area contributed by atoms with Gasteiger partial charge in [-0.2, -0.15) is 4.98 Å². The highest BCUT2D eigenvalue weighted by molar-refractivity contribution is 6.04. The Hall–Kier alpha value is -3.49. The molecule has 5 rings (SSSR count). The predicted octanol–water partition coefficient (Wildman–Crippen LogP) is 2.80. The Bertz CT molecular complexity index is 1110. The van der Waals surface area contributed by atoms with Gasteiger partial charge in [-0.05, 0) is 38.0 Å². The van der Waals surface area contributed by atoms with Crippen LogP contribution in [-0.2, 0) is 4.79 Å². The first-order valence-electron chi connectivity index (χ1n) is 9.50. The molecule has 4 heterocycles. The van der Waals surface area contributed by atoms with E-state index in [-0.39, 0.29) is 17.8 Å². The van der Waals surface area contributed by atoms with Gasteiger partial charge in [0, 0.05) is 25.5 Å². The summed E-state index contributed by atoms with van der Waals surface area (Å²) in [6.45, 7) is 2.65. The van der Waals surface area contributed by atoms with Crippen LogP contribution >= 0.6 is 0 Å². The van der Waals surface area contributed by atoms with E-state index in [0.717, 1.165) is 30.9 Å². The first kappa shape index (κ1) is 17.6. The fourth-order valence-electron chi connectivity index (χ4n) is 3.97. The van der Waals surface area contributed by atoms with E-state index < -0.39 is 0 Å². The lowest BCUT2D eigenvalue weighted by molar-refractivity contribution is -0.119. The summed E-state index contributed by atoms with van der Waals surface area (Å²) in [6.07, 6.45) is 6.77. The normalized spacial score (nSPS) is 18.0. The molecule has 3 aromatic rings. The first-order valence-corrected chi connectivity index (χ1v) is 9.50. The van der Waals surface area contributed by atoms with E-state index in [1.165, 1.54) is 6.07 Å². The molecule has 9 heteroatoms. The summed E-state index contributed by atoms with van der Waals surface area (Å²) >= 11 is 0. The van der Waals surface area contributed by atoms with Gasteiger partial charge < -0.3 is 19.7 Å². The van der Waals surface area contributed by atoms with E-state index in [1.807, 2.05) is 11.8 Å². The molecule has 0 aliphatic carbocycles. The van der Waals surface area contributed by atoms with E-state index in [0.29, 0.717) is 23.0 Å². The van der Waals surface area contributed by atoms with E-state index in [4.69, 9.17) is 0 Å². The molecule has 1 fully saturated rings. The van der Waals surface area contributed by atoms with Gasteiger partial charge in [-0.1, -0.05) is 0 Å². The number of halogens is 1. The average Bonchev–Trinajstić information content (AvgIpc) is 3.36. The Labute approximate surface area is 167 Å². The van der Waals surface area contributed by atoms with Crippen molar-refractivity contribution in [2.45, 2.75) is 25.8 Å². The van der Waals surface area contributed by atoms with Gasteiger partial charge in [0.2, 0.25) is 11.9 Å². The number of nitrogens with zero attached hydrogens (tertiary/aromatic N) is 6. The van der Waals surface area contributed by atoms with Gasteiger partial charge in [-0.15, -0.1) is 0 Å². The van der Waals surface area contributed by atoms with Crippen molar-refractivity contribution in [2.24, 2.45) is 0 Å². The topological polar surface area (TPSA) is 79.2 Å². The largest absolute Gasteiger partial charge is 0.343 e. The molecule has 2 aliphatic rings. The van der Waals surface area contributed by atoms with Gasteiger partial charge in [-0.25, -0.2) is 14.4 Å². The predicted molar refractivity (Wildman–Crippen MR) is 107 cm³/mol. The lowest BCUT2D eigenvalue weighted by Crippen LogP contribution is -2.49. The quantitative estimate of drug-likeness (QED) is 0.737. The summed E-state index contributed by atoms with van der Waals surface area (Å²) in [4.78, 5) is 29.2. The van der Waals surface area contributed by atoms with E-state index in [9.17, 15) is 9.18 Å². The Morgan fingerprint density at radius 3 is 2.86 bits per heavy atom. The number of likely N-dealkylation sites (N-methyl/N-ethyl adjacent to an activating group) is 1. The Morgan fingerprint density at radius 1 is 1.24 bits per heavy atom. The fourth-order valence-corrected chi connectivity index (χ4v) is 3.97. The number of aryl methyl sites for hydroxylation is 1. The zero-order chi connectivity index (χ0) is 20.1. The number of hydrogen-bond acceptors (Lipinski definition) is 6. The number of rotatable bonds is 3. The molecule has 0 radical (unpaired) electrons. The van der Waals surface area contributed by atoms with Crippen molar-refractivity contribution in [1.29, 1.82) is 0 Å². The van der Waals surface area contributed by atoms with E-state index >= 15 is 0 Å². The minimum absolute atomic E-state index is 0.0757. The molecule has 1 atom stereocenters. The molecule has 8 nitrogen and oxygen atoms in total. The maximum Gasteiger partial charge on any atom is 0.249 e. The van der Waals surface area contributed by atoms with E-state index in [2.05, 4.69) is 20.3 Å². The minimum atomic E-state index is -0.379. The molecule has 2 aromatic heterocycles. The van der Waals surface area contributed by atoms with Crippen LogP contribution in [0.1, 0.15) is 18.5 Å². The number of amides is 1. The second kappa shape index (κ2) is 6.54.